The highest BCUT2D eigenvalue weighted by Gasteiger charge is 2.32. The molecule has 0 saturated carbocycles. The Morgan fingerprint density at radius 3 is 0.939 bits per heavy atom. The minimum absolute atomic E-state index is 0.0315. The van der Waals surface area contributed by atoms with E-state index in [0.717, 1.165) is 6.42 Å². The smallest absolute Gasteiger partial charge is 0.0701 e. The summed E-state index contributed by atoms with van der Waals surface area (Å²) < 4.78 is 44.6. The fourth-order valence-electron chi connectivity index (χ4n) is 2.62. The van der Waals surface area contributed by atoms with Crippen LogP contribution in [0.4, 0.5) is 0 Å². The van der Waals surface area contributed by atoms with E-state index in [9.17, 15) is 0 Å². The SMILES string of the molecule is CCCOCCOCC(COCCOCCO)(COCCOCCO)COCCOCCO. The minimum atomic E-state index is -0.574. The molecule has 33 heavy (non-hydrogen) atoms. The highest BCUT2D eigenvalue weighted by Crippen LogP contribution is 2.21. The average Bonchev–Trinajstić information content (AvgIpc) is 2.83. The van der Waals surface area contributed by atoms with Crippen molar-refractivity contribution in [1.29, 1.82) is 0 Å². The Balaban J connectivity index is 4.74. The molecular formula is C22H46O11. The molecule has 0 amide bonds. The average molecular weight is 487 g/mol. The highest BCUT2D eigenvalue weighted by molar-refractivity contribution is 4.79. The van der Waals surface area contributed by atoms with E-state index in [1.807, 2.05) is 0 Å². The van der Waals surface area contributed by atoms with Gasteiger partial charge in [0.2, 0.25) is 0 Å². The second-order valence-corrected chi connectivity index (χ2v) is 7.33. The summed E-state index contributed by atoms with van der Waals surface area (Å²) in [7, 11) is 0. The second-order valence-electron chi connectivity index (χ2n) is 7.33. The molecule has 0 rings (SSSR count). The normalized spacial score (nSPS) is 12.0. The van der Waals surface area contributed by atoms with Crippen LogP contribution in [-0.4, -0.2) is 141 Å². The van der Waals surface area contributed by atoms with Crippen molar-refractivity contribution >= 4 is 0 Å². The van der Waals surface area contributed by atoms with Crippen molar-refractivity contribution < 1.29 is 53.2 Å². The fraction of sp³-hybridized carbons (Fsp3) is 1.00. The molecule has 3 N–H and O–H groups in total. The third kappa shape index (κ3) is 21.8. The highest BCUT2D eigenvalue weighted by atomic mass is 16.6. The van der Waals surface area contributed by atoms with Gasteiger partial charge in [0.1, 0.15) is 0 Å². The van der Waals surface area contributed by atoms with E-state index in [1.54, 1.807) is 0 Å². The molecule has 0 fully saturated rings. The van der Waals surface area contributed by atoms with Crippen LogP contribution < -0.4 is 0 Å². The van der Waals surface area contributed by atoms with Gasteiger partial charge in [-0.3, -0.25) is 0 Å². The van der Waals surface area contributed by atoms with Gasteiger partial charge in [0.15, 0.2) is 0 Å². The number of hydrogen-bond acceptors (Lipinski definition) is 11. The summed E-state index contributed by atoms with van der Waals surface area (Å²) in [6.07, 6.45) is 0.953. The van der Waals surface area contributed by atoms with Crippen molar-refractivity contribution in [2.24, 2.45) is 5.41 Å². The van der Waals surface area contributed by atoms with E-state index in [2.05, 4.69) is 6.92 Å². The topological polar surface area (TPSA) is 135 Å². The summed E-state index contributed by atoms with van der Waals surface area (Å²) >= 11 is 0. The molecule has 0 aliphatic heterocycles. The molecule has 0 aliphatic carbocycles. The molecule has 0 aromatic rings. The van der Waals surface area contributed by atoms with Crippen LogP contribution in [0.1, 0.15) is 13.3 Å². The maximum atomic E-state index is 8.80. The maximum absolute atomic E-state index is 8.80. The van der Waals surface area contributed by atoms with Crippen molar-refractivity contribution in [3.05, 3.63) is 0 Å². The first-order valence-corrected chi connectivity index (χ1v) is 11.7. The molecule has 0 spiro atoms. The van der Waals surface area contributed by atoms with Crippen LogP contribution >= 0.6 is 0 Å². The van der Waals surface area contributed by atoms with Crippen LogP contribution in [0.3, 0.4) is 0 Å². The van der Waals surface area contributed by atoms with E-state index in [0.29, 0.717) is 85.9 Å². The lowest BCUT2D eigenvalue weighted by Crippen LogP contribution is -2.43. The van der Waals surface area contributed by atoms with E-state index in [1.165, 1.54) is 0 Å². The predicted octanol–water partition coefficient (Wildman–Crippen LogP) is -0.507. The summed E-state index contributed by atoms with van der Waals surface area (Å²) in [6.45, 7) is 7.90. The van der Waals surface area contributed by atoms with Gasteiger partial charge in [0.05, 0.1) is 124 Å². The molecule has 0 saturated heterocycles. The standard InChI is InChI=1S/C22H46O11/c1-2-6-26-10-14-30-18-22(19-31-15-11-27-7-3-23,20-32-16-12-28-8-4-24)21-33-17-13-29-9-5-25/h23-25H,2-21H2,1H3. The molecule has 0 bridgehead atoms. The third-order valence-electron chi connectivity index (χ3n) is 4.18. The lowest BCUT2D eigenvalue weighted by molar-refractivity contribution is -0.122. The molecule has 0 atom stereocenters. The van der Waals surface area contributed by atoms with Gasteiger partial charge in [-0.05, 0) is 6.42 Å². The van der Waals surface area contributed by atoms with E-state index < -0.39 is 5.41 Å². The summed E-state index contributed by atoms with van der Waals surface area (Å²) in [5, 5.41) is 26.4. The van der Waals surface area contributed by atoms with Gasteiger partial charge in [-0.25, -0.2) is 0 Å². The van der Waals surface area contributed by atoms with Crippen LogP contribution in [0.5, 0.6) is 0 Å². The number of ether oxygens (including phenoxy) is 8. The number of aliphatic hydroxyl groups excluding tert-OH is 3. The number of aliphatic hydroxyl groups is 3. The van der Waals surface area contributed by atoms with Crippen LogP contribution in [0.15, 0.2) is 0 Å². The van der Waals surface area contributed by atoms with Crippen molar-refractivity contribution in [3.63, 3.8) is 0 Å². The number of hydrogen-bond donors (Lipinski definition) is 3. The van der Waals surface area contributed by atoms with Gasteiger partial charge in [0, 0.05) is 6.61 Å². The van der Waals surface area contributed by atoms with Crippen molar-refractivity contribution in [1.82, 2.24) is 0 Å². The second kappa shape index (κ2) is 26.2. The van der Waals surface area contributed by atoms with Gasteiger partial charge in [-0.2, -0.15) is 0 Å². The first-order valence-electron chi connectivity index (χ1n) is 11.7. The lowest BCUT2D eigenvalue weighted by Gasteiger charge is -2.33. The Bertz CT molecular complexity index is 305. The number of rotatable bonds is 28. The van der Waals surface area contributed by atoms with Crippen LogP contribution in [0.2, 0.25) is 0 Å². The first kappa shape index (κ1) is 32.6. The van der Waals surface area contributed by atoms with Gasteiger partial charge in [0.25, 0.3) is 0 Å². The van der Waals surface area contributed by atoms with Crippen LogP contribution in [0, 0.1) is 5.41 Å². The zero-order chi connectivity index (χ0) is 24.3. The van der Waals surface area contributed by atoms with Gasteiger partial charge >= 0.3 is 0 Å². The molecule has 200 valence electrons. The lowest BCUT2D eigenvalue weighted by atomic mass is 9.92. The zero-order valence-electron chi connectivity index (χ0n) is 20.2. The van der Waals surface area contributed by atoms with E-state index in [-0.39, 0.29) is 39.6 Å². The predicted molar refractivity (Wildman–Crippen MR) is 121 cm³/mol. The van der Waals surface area contributed by atoms with Crippen LogP contribution in [-0.2, 0) is 37.9 Å². The van der Waals surface area contributed by atoms with Gasteiger partial charge in [-0.15, -0.1) is 0 Å². The van der Waals surface area contributed by atoms with Crippen molar-refractivity contribution in [2.75, 3.05) is 126 Å². The van der Waals surface area contributed by atoms with Gasteiger partial charge < -0.3 is 53.2 Å². The molecule has 0 radical (unpaired) electrons. The summed E-state index contributed by atoms with van der Waals surface area (Å²) in [4.78, 5) is 0. The largest absolute Gasteiger partial charge is 0.394 e. The van der Waals surface area contributed by atoms with Crippen molar-refractivity contribution in [3.8, 4) is 0 Å². The van der Waals surface area contributed by atoms with E-state index >= 15 is 0 Å². The Kier molecular flexibility index (Phi) is 25.8. The van der Waals surface area contributed by atoms with Crippen LogP contribution in [0.25, 0.3) is 0 Å². The monoisotopic (exact) mass is 486 g/mol. The fourth-order valence-corrected chi connectivity index (χ4v) is 2.62. The third-order valence-corrected chi connectivity index (χ3v) is 4.18. The molecule has 0 heterocycles. The van der Waals surface area contributed by atoms with Crippen molar-refractivity contribution in [2.45, 2.75) is 13.3 Å². The Morgan fingerprint density at radius 1 is 0.394 bits per heavy atom. The first-order chi connectivity index (χ1) is 16.2. The summed E-state index contributed by atoms with van der Waals surface area (Å²) in [6, 6.07) is 0. The van der Waals surface area contributed by atoms with E-state index in [4.69, 9.17) is 53.2 Å². The molecule has 0 aromatic heterocycles. The Hall–Kier alpha value is -0.440. The zero-order valence-corrected chi connectivity index (χ0v) is 20.2. The quantitative estimate of drug-likeness (QED) is 0.123. The molecule has 0 aromatic carbocycles. The Morgan fingerprint density at radius 2 is 0.667 bits per heavy atom. The Labute approximate surface area is 198 Å². The molecular weight excluding hydrogens is 440 g/mol. The van der Waals surface area contributed by atoms with Gasteiger partial charge in [-0.1, -0.05) is 6.92 Å². The summed E-state index contributed by atoms with van der Waals surface area (Å²) in [5.74, 6) is 0. The molecule has 0 unspecified atom stereocenters. The maximum Gasteiger partial charge on any atom is 0.0701 e. The summed E-state index contributed by atoms with van der Waals surface area (Å²) in [5.41, 5.74) is -0.574. The molecule has 11 nitrogen and oxygen atoms in total. The minimum Gasteiger partial charge on any atom is -0.394 e. The molecule has 11 heteroatoms. The molecule has 0 aliphatic rings.